The molecule has 0 bridgehead atoms. The average molecular weight is 263 g/mol. The number of ether oxygens (including phenoxy) is 1. The Morgan fingerprint density at radius 3 is 2.74 bits per heavy atom. The van der Waals surface area contributed by atoms with Crippen LogP contribution in [0.2, 0.25) is 0 Å². The minimum atomic E-state index is 0.120. The van der Waals surface area contributed by atoms with Crippen molar-refractivity contribution in [1.29, 1.82) is 5.41 Å². The summed E-state index contributed by atoms with van der Waals surface area (Å²) in [6.07, 6.45) is 0. The van der Waals surface area contributed by atoms with Crippen LogP contribution in [-0.2, 0) is 11.3 Å². The Morgan fingerprint density at radius 2 is 2.16 bits per heavy atom. The maximum Gasteiger partial charge on any atom is 0.122 e. The van der Waals surface area contributed by atoms with Crippen molar-refractivity contribution in [3.8, 4) is 0 Å². The van der Waals surface area contributed by atoms with E-state index in [2.05, 4.69) is 24.8 Å². The molecule has 1 aromatic carbocycles. The fraction of sp³-hybridized carbons (Fsp3) is 0.533. The molecule has 0 saturated carbocycles. The molecule has 0 heterocycles. The third-order valence-electron chi connectivity index (χ3n) is 2.88. The van der Waals surface area contributed by atoms with E-state index in [0.29, 0.717) is 5.92 Å². The Morgan fingerprint density at radius 1 is 1.42 bits per heavy atom. The Bertz CT molecular complexity index is 404. The van der Waals surface area contributed by atoms with Gasteiger partial charge in [0.25, 0.3) is 0 Å². The second-order valence-corrected chi connectivity index (χ2v) is 5.24. The molecule has 0 radical (unpaired) electrons. The van der Waals surface area contributed by atoms with E-state index in [0.717, 1.165) is 31.8 Å². The van der Waals surface area contributed by atoms with Crippen molar-refractivity contribution >= 4 is 5.84 Å². The average Bonchev–Trinajstić information content (AvgIpc) is 2.35. The highest BCUT2D eigenvalue weighted by Crippen LogP contribution is 2.10. The summed E-state index contributed by atoms with van der Waals surface area (Å²) in [5, 5.41) is 7.48. The zero-order chi connectivity index (χ0) is 14.3. The first kappa shape index (κ1) is 15.7. The monoisotopic (exact) mass is 263 g/mol. The van der Waals surface area contributed by atoms with Gasteiger partial charge in [-0.15, -0.1) is 0 Å². The van der Waals surface area contributed by atoms with Crippen LogP contribution in [0.25, 0.3) is 0 Å². The van der Waals surface area contributed by atoms with Crippen molar-refractivity contribution in [3.63, 3.8) is 0 Å². The van der Waals surface area contributed by atoms with Crippen LogP contribution in [-0.4, -0.2) is 37.5 Å². The van der Waals surface area contributed by atoms with Gasteiger partial charge in [-0.1, -0.05) is 32.0 Å². The highest BCUT2D eigenvalue weighted by Gasteiger charge is 2.09. The zero-order valence-electron chi connectivity index (χ0n) is 12.1. The summed E-state index contributed by atoms with van der Waals surface area (Å²) in [5.41, 5.74) is 7.49. The molecule has 0 amide bonds. The summed E-state index contributed by atoms with van der Waals surface area (Å²) in [5.74, 6) is 0.738. The predicted molar refractivity (Wildman–Crippen MR) is 79.4 cm³/mol. The normalized spacial score (nSPS) is 11.2. The number of nitrogen functional groups attached to an aromatic ring is 1. The molecule has 0 unspecified atom stereocenters. The number of nitrogens with two attached hydrogens (primary N) is 1. The van der Waals surface area contributed by atoms with Crippen LogP contribution in [0, 0.1) is 11.3 Å². The molecule has 4 nitrogen and oxygen atoms in total. The highest BCUT2D eigenvalue weighted by atomic mass is 16.5. The minimum absolute atomic E-state index is 0.120. The van der Waals surface area contributed by atoms with E-state index >= 15 is 0 Å². The molecule has 1 aromatic rings. The van der Waals surface area contributed by atoms with E-state index in [-0.39, 0.29) is 5.84 Å². The van der Waals surface area contributed by atoms with Gasteiger partial charge in [0.2, 0.25) is 0 Å². The summed E-state index contributed by atoms with van der Waals surface area (Å²) in [6.45, 7) is 7.98. The smallest absolute Gasteiger partial charge is 0.122 e. The molecular formula is C15H25N3O. The van der Waals surface area contributed by atoms with Gasteiger partial charge in [0.1, 0.15) is 5.84 Å². The zero-order valence-corrected chi connectivity index (χ0v) is 12.1. The Balaban J connectivity index is 2.71. The number of hydrogen-bond acceptors (Lipinski definition) is 3. The van der Waals surface area contributed by atoms with E-state index in [1.165, 1.54) is 5.56 Å². The predicted octanol–water partition coefficient (Wildman–Crippen LogP) is 2.08. The first-order chi connectivity index (χ1) is 9.02. The molecule has 0 fully saturated rings. The number of amidine groups is 1. The molecule has 19 heavy (non-hydrogen) atoms. The Kier molecular flexibility index (Phi) is 6.53. The van der Waals surface area contributed by atoms with Crippen LogP contribution in [0.15, 0.2) is 24.3 Å². The van der Waals surface area contributed by atoms with E-state index in [1.807, 2.05) is 18.2 Å². The van der Waals surface area contributed by atoms with Gasteiger partial charge in [0.05, 0.1) is 6.61 Å². The van der Waals surface area contributed by atoms with Crippen LogP contribution in [0.3, 0.4) is 0 Å². The summed E-state index contributed by atoms with van der Waals surface area (Å²) in [6, 6.07) is 7.89. The van der Waals surface area contributed by atoms with Gasteiger partial charge >= 0.3 is 0 Å². The van der Waals surface area contributed by atoms with Gasteiger partial charge in [0.15, 0.2) is 0 Å². The van der Waals surface area contributed by atoms with Crippen LogP contribution < -0.4 is 5.73 Å². The topological polar surface area (TPSA) is 62.3 Å². The van der Waals surface area contributed by atoms with Gasteiger partial charge in [-0.3, -0.25) is 10.3 Å². The molecule has 0 spiro atoms. The molecule has 3 N–H and O–H groups in total. The molecular weight excluding hydrogens is 238 g/mol. The van der Waals surface area contributed by atoms with E-state index in [1.54, 1.807) is 7.11 Å². The lowest BCUT2D eigenvalue weighted by Gasteiger charge is -2.24. The quantitative estimate of drug-likeness (QED) is 0.557. The highest BCUT2D eigenvalue weighted by molar-refractivity contribution is 5.95. The van der Waals surface area contributed by atoms with Gasteiger partial charge in [-0.05, 0) is 17.5 Å². The van der Waals surface area contributed by atoms with Crippen LogP contribution in [0.1, 0.15) is 25.0 Å². The van der Waals surface area contributed by atoms with E-state index in [4.69, 9.17) is 15.9 Å². The maximum absolute atomic E-state index is 7.48. The maximum atomic E-state index is 7.48. The second-order valence-electron chi connectivity index (χ2n) is 5.24. The molecule has 0 aliphatic heterocycles. The summed E-state index contributed by atoms with van der Waals surface area (Å²) in [4.78, 5) is 2.37. The Hall–Kier alpha value is -1.39. The van der Waals surface area contributed by atoms with Crippen molar-refractivity contribution in [1.82, 2.24) is 4.90 Å². The van der Waals surface area contributed by atoms with E-state index in [9.17, 15) is 0 Å². The molecule has 0 saturated heterocycles. The van der Waals surface area contributed by atoms with Crippen LogP contribution in [0.4, 0.5) is 0 Å². The first-order valence-electron chi connectivity index (χ1n) is 6.67. The molecule has 0 aliphatic rings. The summed E-state index contributed by atoms with van der Waals surface area (Å²) < 4.78 is 5.16. The van der Waals surface area contributed by atoms with Crippen LogP contribution in [0.5, 0.6) is 0 Å². The lowest BCUT2D eigenvalue weighted by Crippen LogP contribution is -2.30. The standard InChI is InChI=1S/C15H25N3O/c1-12(2)10-18(7-8-19-3)11-13-5-4-6-14(9-13)15(16)17/h4-6,9,12H,7-8,10-11H2,1-3H3,(H3,16,17). The second kappa shape index (κ2) is 7.92. The number of rotatable bonds is 8. The molecule has 1 rings (SSSR count). The number of nitrogens with zero attached hydrogens (tertiary/aromatic N) is 1. The molecule has 106 valence electrons. The fourth-order valence-electron chi connectivity index (χ4n) is 2.07. The Labute approximate surface area is 116 Å². The van der Waals surface area contributed by atoms with Gasteiger partial charge < -0.3 is 10.5 Å². The fourth-order valence-corrected chi connectivity index (χ4v) is 2.07. The van der Waals surface area contributed by atoms with Gasteiger partial charge in [0, 0.05) is 32.3 Å². The SMILES string of the molecule is COCCN(Cc1cccc(C(=N)N)c1)CC(C)C. The number of benzene rings is 1. The van der Waals surface area contributed by atoms with Gasteiger partial charge in [-0.25, -0.2) is 0 Å². The number of methoxy groups -OCH3 is 1. The lowest BCUT2D eigenvalue weighted by molar-refractivity contribution is 0.136. The third-order valence-corrected chi connectivity index (χ3v) is 2.88. The van der Waals surface area contributed by atoms with Crippen molar-refractivity contribution in [2.75, 3.05) is 26.8 Å². The van der Waals surface area contributed by atoms with Crippen molar-refractivity contribution < 1.29 is 4.74 Å². The number of hydrogen-bond donors (Lipinski definition) is 2. The van der Waals surface area contributed by atoms with Crippen LogP contribution >= 0.6 is 0 Å². The van der Waals surface area contributed by atoms with Crippen molar-refractivity contribution in [2.45, 2.75) is 20.4 Å². The van der Waals surface area contributed by atoms with Crippen molar-refractivity contribution in [3.05, 3.63) is 35.4 Å². The summed E-state index contributed by atoms with van der Waals surface area (Å²) in [7, 11) is 1.73. The van der Waals surface area contributed by atoms with E-state index < -0.39 is 0 Å². The molecule has 0 aromatic heterocycles. The molecule has 4 heteroatoms. The first-order valence-corrected chi connectivity index (χ1v) is 6.67. The largest absolute Gasteiger partial charge is 0.384 e. The minimum Gasteiger partial charge on any atom is -0.384 e. The lowest BCUT2D eigenvalue weighted by atomic mass is 10.1. The third kappa shape index (κ3) is 5.85. The number of nitrogens with one attached hydrogen (secondary N) is 1. The van der Waals surface area contributed by atoms with Gasteiger partial charge in [-0.2, -0.15) is 0 Å². The molecule has 0 atom stereocenters. The van der Waals surface area contributed by atoms with Crippen molar-refractivity contribution in [2.24, 2.45) is 11.7 Å². The molecule has 0 aliphatic carbocycles. The summed E-state index contributed by atoms with van der Waals surface area (Å²) >= 11 is 0.